The fourth-order valence-corrected chi connectivity index (χ4v) is 1.31. The highest BCUT2D eigenvalue weighted by molar-refractivity contribution is 5.29. The van der Waals surface area contributed by atoms with Crippen molar-refractivity contribution in [3.05, 3.63) is 29.6 Å². The molecule has 0 spiro atoms. The summed E-state index contributed by atoms with van der Waals surface area (Å²) in [7, 11) is 0. The van der Waals surface area contributed by atoms with E-state index in [0.717, 1.165) is 12.1 Å². The van der Waals surface area contributed by atoms with Crippen LogP contribution in [0.25, 0.3) is 0 Å². The topological polar surface area (TPSA) is 57.9 Å². The molecule has 0 aromatic carbocycles. The van der Waals surface area contributed by atoms with Crippen molar-refractivity contribution in [3.8, 4) is 6.07 Å². The molecule has 1 N–H and O–H groups in total. The van der Waals surface area contributed by atoms with Crippen molar-refractivity contribution >= 4 is 0 Å². The van der Waals surface area contributed by atoms with Crippen LogP contribution in [0.1, 0.15) is 23.7 Å². The van der Waals surface area contributed by atoms with Crippen LogP contribution in [0.4, 0.5) is 0 Å². The first-order valence-electron chi connectivity index (χ1n) is 4.13. The third kappa shape index (κ3) is 1.66. The molecule has 1 aromatic rings. The first-order valence-corrected chi connectivity index (χ1v) is 4.13. The van der Waals surface area contributed by atoms with Crippen LogP contribution in [0.5, 0.6) is 0 Å². The number of hydrogen-bond acceptors (Lipinski definition) is 4. The van der Waals surface area contributed by atoms with Gasteiger partial charge in [-0.15, -0.1) is 0 Å². The van der Waals surface area contributed by atoms with Gasteiger partial charge in [0.05, 0.1) is 30.0 Å². The van der Waals surface area contributed by atoms with E-state index in [4.69, 9.17) is 10.1 Å². The van der Waals surface area contributed by atoms with Gasteiger partial charge in [0.15, 0.2) is 0 Å². The second kappa shape index (κ2) is 3.52. The minimum absolute atomic E-state index is 0.133. The van der Waals surface area contributed by atoms with E-state index >= 15 is 0 Å². The number of rotatable bonds is 1. The van der Waals surface area contributed by atoms with Crippen LogP contribution in [0, 0.1) is 11.3 Å². The van der Waals surface area contributed by atoms with Gasteiger partial charge in [0.25, 0.3) is 0 Å². The minimum atomic E-state index is 0.133. The second-order valence-electron chi connectivity index (χ2n) is 2.89. The van der Waals surface area contributed by atoms with Crippen molar-refractivity contribution in [1.29, 1.82) is 5.26 Å². The van der Waals surface area contributed by atoms with E-state index in [0.29, 0.717) is 12.2 Å². The molecule has 0 radical (unpaired) electrons. The molecule has 0 amide bonds. The smallest absolute Gasteiger partial charge is 0.0992 e. The van der Waals surface area contributed by atoms with Crippen molar-refractivity contribution in [3.63, 3.8) is 0 Å². The standard InChI is InChI=1S/C9H9N3O/c10-6-7-1-3-11-9(5-7)8-2-4-13-12-8/h1,3,5,8,12H,2,4H2/t8-/m0/s1. The largest absolute Gasteiger partial charge is 0.301 e. The molecule has 4 heteroatoms. The van der Waals surface area contributed by atoms with Crippen LogP contribution in [0.2, 0.25) is 0 Å². The van der Waals surface area contributed by atoms with Crippen molar-refractivity contribution in [2.45, 2.75) is 12.5 Å². The molecule has 4 nitrogen and oxygen atoms in total. The van der Waals surface area contributed by atoms with Crippen LogP contribution in [0.3, 0.4) is 0 Å². The maximum Gasteiger partial charge on any atom is 0.0992 e. The number of pyridine rings is 1. The summed E-state index contributed by atoms with van der Waals surface area (Å²) in [6.45, 7) is 0.698. The number of nitrogens with zero attached hydrogens (tertiary/aromatic N) is 2. The molecule has 1 aliphatic heterocycles. The monoisotopic (exact) mass is 175 g/mol. The van der Waals surface area contributed by atoms with E-state index < -0.39 is 0 Å². The molecule has 0 bridgehead atoms. The Morgan fingerprint density at radius 1 is 1.69 bits per heavy atom. The Morgan fingerprint density at radius 2 is 2.62 bits per heavy atom. The zero-order valence-corrected chi connectivity index (χ0v) is 7.03. The third-order valence-electron chi connectivity index (χ3n) is 2.00. The number of nitriles is 1. The second-order valence-corrected chi connectivity index (χ2v) is 2.89. The highest BCUT2D eigenvalue weighted by Crippen LogP contribution is 2.19. The fraction of sp³-hybridized carbons (Fsp3) is 0.333. The molecular weight excluding hydrogens is 166 g/mol. The van der Waals surface area contributed by atoms with Gasteiger partial charge in [-0.3, -0.25) is 4.98 Å². The van der Waals surface area contributed by atoms with E-state index in [2.05, 4.69) is 16.5 Å². The van der Waals surface area contributed by atoms with Gasteiger partial charge in [-0.2, -0.15) is 10.7 Å². The number of nitrogens with one attached hydrogen (secondary N) is 1. The summed E-state index contributed by atoms with van der Waals surface area (Å²) in [4.78, 5) is 9.19. The van der Waals surface area contributed by atoms with E-state index in [1.807, 2.05) is 0 Å². The summed E-state index contributed by atoms with van der Waals surface area (Å²) < 4.78 is 0. The van der Waals surface area contributed by atoms with E-state index in [-0.39, 0.29) is 6.04 Å². The fourth-order valence-electron chi connectivity index (χ4n) is 1.31. The average Bonchev–Trinajstić information content (AvgIpc) is 2.71. The first-order chi connectivity index (χ1) is 6.40. The zero-order chi connectivity index (χ0) is 9.10. The molecule has 0 unspecified atom stereocenters. The highest BCUT2D eigenvalue weighted by Gasteiger charge is 2.18. The first kappa shape index (κ1) is 8.17. The van der Waals surface area contributed by atoms with Gasteiger partial charge >= 0.3 is 0 Å². The Balaban J connectivity index is 2.25. The van der Waals surface area contributed by atoms with Crippen molar-refractivity contribution in [1.82, 2.24) is 10.5 Å². The molecule has 1 fully saturated rings. The maximum atomic E-state index is 8.68. The molecule has 2 heterocycles. The lowest BCUT2D eigenvalue weighted by Gasteiger charge is -2.06. The zero-order valence-electron chi connectivity index (χ0n) is 7.03. The Labute approximate surface area is 76.1 Å². The number of hydroxylamine groups is 1. The molecule has 1 aromatic heterocycles. The molecule has 1 atom stereocenters. The lowest BCUT2D eigenvalue weighted by molar-refractivity contribution is 0.0876. The van der Waals surface area contributed by atoms with Gasteiger partial charge in [0.1, 0.15) is 0 Å². The quantitative estimate of drug-likeness (QED) is 0.689. The SMILES string of the molecule is N#Cc1ccnc([C@@H]2CCON2)c1. The van der Waals surface area contributed by atoms with E-state index in [1.54, 1.807) is 18.3 Å². The lowest BCUT2D eigenvalue weighted by Crippen LogP contribution is -2.12. The van der Waals surface area contributed by atoms with Crippen LogP contribution in [0.15, 0.2) is 18.3 Å². The molecule has 66 valence electrons. The Bertz CT molecular complexity index is 339. The van der Waals surface area contributed by atoms with Gasteiger partial charge in [0.2, 0.25) is 0 Å². The summed E-state index contributed by atoms with van der Waals surface area (Å²) in [6, 6.07) is 5.69. The Kier molecular flexibility index (Phi) is 2.21. The van der Waals surface area contributed by atoms with Gasteiger partial charge in [0, 0.05) is 6.20 Å². The average molecular weight is 175 g/mol. The normalized spacial score (nSPS) is 21.3. The minimum Gasteiger partial charge on any atom is -0.301 e. The van der Waals surface area contributed by atoms with Gasteiger partial charge in [-0.05, 0) is 18.6 Å². The maximum absolute atomic E-state index is 8.68. The molecule has 2 rings (SSSR count). The summed E-state index contributed by atoms with van der Waals surface area (Å²) in [5, 5.41) is 8.68. The highest BCUT2D eigenvalue weighted by atomic mass is 16.7. The summed E-state index contributed by atoms with van der Waals surface area (Å²) in [5.74, 6) is 0. The number of aromatic nitrogens is 1. The molecule has 13 heavy (non-hydrogen) atoms. The predicted octanol–water partition coefficient (Wildman–Crippen LogP) is 0.919. The van der Waals surface area contributed by atoms with Crippen LogP contribution in [-0.4, -0.2) is 11.6 Å². The van der Waals surface area contributed by atoms with Crippen LogP contribution >= 0.6 is 0 Å². The van der Waals surface area contributed by atoms with E-state index in [9.17, 15) is 0 Å². The van der Waals surface area contributed by atoms with Crippen molar-refractivity contribution < 1.29 is 4.84 Å². The van der Waals surface area contributed by atoms with Crippen molar-refractivity contribution in [2.75, 3.05) is 6.61 Å². The van der Waals surface area contributed by atoms with Crippen LogP contribution in [-0.2, 0) is 4.84 Å². The summed E-state index contributed by atoms with van der Waals surface area (Å²) >= 11 is 0. The molecule has 0 saturated carbocycles. The Morgan fingerprint density at radius 3 is 3.31 bits per heavy atom. The predicted molar refractivity (Wildman–Crippen MR) is 45.4 cm³/mol. The summed E-state index contributed by atoms with van der Waals surface area (Å²) in [5.41, 5.74) is 4.36. The lowest BCUT2D eigenvalue weighted by atomic mass is 10.1. The molecule has 0 aliphatic carbocycles. The third-order valence-corrected chi connectivity index (χ3v) is 2.00. The van der Waals surface area contributed by atoms with Gasteiger partial charge in [-0.25, -0.2) is 0 Å². The number of hydrogen-bond donors (Lipinski definition) is 1. The van der Waals surface area contributed by atoms with Crippen molar-refractivity contribution in [2.24, 2.45) is 0 Å². The molecular formula is C9H9N3O. The molecule has 1 saturated heterocycles. The Hall–Kier alpha value is -1.44. The van der Waals surface area contributed by atoms with Gasteiger partial charge < -0.3 is 4.84 Å². The summed E-state index contributed by atoms with van der Waals surface area (Å²) in [6.07, 6.45) is 2.55. The molecule has 1 aliphatic rings. The van der Waals surface area contributed by atoms with E-state index in [1.165, 1.54) is 0 Å². The van der Waals surface area contributed by atoms with Gasteiger partial charge in [-0.1, -0.05) is 0 Å². The van der Waals surface area contributed by atoms with Crippen LogP contribution < -0.4 is 5.48 Å².